The van der Waals surface area contributed by atoms with Gasteiger partial charge in [0.2, 0.25) is 23.6 Å². The van der Waals surface area contributed by atoms with Gasteiger partial charge in [0.1, 0.15) is 18.7 Å². The number of benzene rings is 3. The molecule has 0 saturated carbocycles. The van der Waals surface area contributed by atoms with Crippen LogP contribution in [0.4, 0.5) is 16.2 Å². The fraction of sp³-hybridized carbons (Fsp3) is 0.359. The van der Waals surface area contributed by atoms with Gasteiger partial charge in [0, 0.05) is 42.4 Å². The molecule has 0 bridgehead atoms. The number of carbonyl (C=O) groups is 4. The molecule has 0 aliphatic carbocycles. The highest BCUT2D eigenvalue weighted by atomic mass is 16.6. The number of nitrogens with zero attached hydrogens (tertiary/aromatic N) is 3. The van der Waals surface area contributed by atoms with Crippen molar-refractivity contribution in [2.24, 2.45) is 0 Å². The number of ether oxygens (including phenoxy) is 2. The maximum absolute atomic E-state index is 13.5. The van der Waals surface area contributed by atoms with Crippen molar-refractivity contribution in [3.8, 4) is 22.8 Å². The molecule has 2 aliphatic rings. The average Bonchev–Trinajstić information content (AvgIpc) is 3.88. The summed E-state index contributed by atoms with van der Waals surface area (Å²) in [5, 5.41) is 5.84. The second-order valence-electron chi connectivity index (χ2n) is 13.8. The Morgan fingerprint density at radius 3 is 2.10 bits per heavy atom. The number of carbonyl (C=O) groups excluding carboxylic acids is 4. The smallest absolute Gasteiger partial charge is 0.410 e. The molecule has 2 saturated heterocycles. The number of likely N-dealkylation sites (tertiary alicyclic amines) is 2. The van der Waals surface area contributed by atoms with E-state index in [1.54, 1.807) is 47.5 Å². The first-order chi connectivity index (χ1) is 24.4. The lowest BCUT2D eigenvalue weighted by molar-refractivity contribution is -0.134. The van der Waals surface area contributed by atoms with Crippen molar-refractivity contribution in [2.75, 3.05) is 23.7 Å². The van der Waals surface area contributed by atoms with Crippen LogP contribution in [0.2, 0.25) is 0 Å². The van der Waals surface area contributed by atoms with E-state index in [1.165, 1.54) is 11.8 Å². The monoisotopic (exact) mass is 693 g/mol. The Morgan fingerprint density at radius 1 is 0.843 bits per heavy atom. The fourth-order valence-electron chi connectivity index (χ4n) is 6.46. The van der Waals surface area contributed by atoms with Gasteiger partial charge in [-0.2, -0.15) is 0 Å². The number of anilines is 2. The predicted molar refractivity (Wildman–Crippen MR) is 191 cm³/mol. The number of nitrogens with one attached hydrogen (secondary N) is 2. The molecular formula is C39H43N5O7. The van der Waals surface area contributed by atoms with Crippen molar-refractivity contribution in [3.05, 3.63) is 90.6 Å². The number of amides is 4. The lowest BCUT2D eigenvalue weighted by atomic mass is 10.1. The molecule has 266 valence electrons. The van der Waals surface area contributed by atoms with Crippen LogP contribution in [0.3, 0.4) is 0 Å². The molecule has 4 amide bonds. The van der Waals surface area contributed by atoms with Crippen molar-refractivity contribution >= 4 is 35.2 Å². The Bertz CT molecular complexity index is 1850. The van der Waals surface area contributed by atoms with Gasteiger partial charge in [-0.3, -0.25) is 19.3 Å². The highest BCUT2D eigenvalue weighted by Crippen LogP contribution is 2.30. The minimum atomic E-state index is -0.771. The summed E-state index contributed by atoms with van der Waals surface area (Å²) in [5.41, 5.74) is 3.07. The van der Waals surface area contributed by atoms with E-state index in [9.17, 15) is 19.2 Å². The van der Waals surface area contributed by atoms with Crippen LogP contribution >= 0.6 is 0 Å². The van der Waals surface area contributed by atoms with E-state index in [-0.39, 0.29) is 37.0 Å². The molecule has 0 spiro atoms. The van der Waals surface area contributed by atoms with Gasteiger partial charge in [-0.15, -0.1) is 0 Å². The van der Waals surface area contributed by atoms with Crippen LogP contribution < -0.4 is 10.6 Å². The molecule has 6 rings (SSSR count). The normalized spacial score (nSPS) is 18.8. The number of oxazole rings is 1. The first kappa shape index (κ1) is 35.3. The Hall–Kier alpha value is -5.49. The standard InChI is InChI=1S/C39H43N5O7/c1-25(45)43-20-8-11-32(43)35(46)41-29-16-12-27(13-17-29)34-22-40-37(50-34)28-14-18-30(19-15-28)42-36(47)33-21-31(51-39(2,3)4)23-44(33)38(48)49-24-26-9-6-5-7-10-26/h5-7,9-10,12-19,22,31-33H,8,11,20-21,23-24H2,1-4H3,(H,41,46)(H,42,47). The van der Waals surface area contributed by atoms with E-state index < -0.39 is 23.8 Å². The van der Waals surface area contributed by atoms with Crippen molar-refractivity contribution < 1.29 is 33.1 Å². The molecule has 2 fully saturated rings. The summed E-state index contributed by atoms with van der Waals surface area (Å²) in [7, 11) is 0. The number of hydrogen-bond acceptors (Lipinski definition) is 8. The zero-order chi connectivity index (χ0) is 36.1. The molecule has 3 unspecified atom stereocenters. The molecule has 2 aliphatic heterocycles. The van der Waals surface area contributed by atoms with E-state index in [1.807, 2.05) is 63.2 Å². The largest absolute Gasteiger partial charge is 0.445 e. The molecule has 12 heteroatoms. The summed E-state index contributed by atoms with van der Waals surface area (Å²) in [4.78, 5) is 58.8. The number of rotatable bonds is 9. The van der Waals surface area contributed by atoms with E-state index in [4.69, 9.17) is 13.9 Å². The van der Waals surface area contributed by atoms with Crippen LogP contribution in [0, 0.1) is 0 Å². The van der Waals surface area contributed by atoms with Crippen LogP contribution in [0.5, 0.6) is 0 Å². The number of aromatic nitrogens is 1. The third kappa shape index (κ3) is 8.82. The van der Waals surface area contributed by atoms with E-state index in [0.717, 1.165) is 17.5 Å². The van der Waals surface area contributed by atoms with E-state index >= 15 is 0 Å². The summed E-state index contributed by atoms with van der Waals surface area (Å²) in [6.45, 7) is 8.25. The molecule has 2 N–H and O–H groups in total. The lowest BCUT2D eigenvalue weighted by Crippen LogP contribution is -2.43. The zero-order valence-corrected chi connectivity index (χ0v) is 29.3. The number of hydrogen-bond donors (Lipinski definition) is 2. The van der Waals surface area contributed by atoms with Crippen LogP contribution in [-0.2, 0) is 30.5 Å². The van der Waals surface area contributed by atoms with Gasteiger partial charge in [-0.05, 0) is 87.7 Å². The Labute approximate surface area is 297 Å². The summed E-state index contributed by atoms with van der Waals surface area (Å²) < 4.78 is 17.8. The average molecular weight is 694 g/mol. The third-order valence-corrected chi connectivity index (χ3v) is 8.83. The van der Waals surface area contributed by atoms with Crippen LogP contribution in [0.1, 0.15) is 52.5 Å². The zero-order valence-electron chi connectivity index (χ0n) is 29.3. The molecule has 3 aromatic carbocycles. The SMILES string of the molecule is CC(=O)N1CCCC1C(=O)Nc1ccc(-c2cnc(-c3ccc(NC(=O)C4CC(OC(C)(C)C)CN4C(=O)OCc4ccccc4)cc3)o2)cc1. The summed E-state index contributed by atoms with van der Waals surface area (Å²) in [6, 6.07) is 22.5. The first-order valence-electron chi connectivity index (χ1n) is 17.1. The van der Waals surface area contributed by atoms with Gasteiger partial charge in [-0.1, -0.05) is 30.3 Å². The molecule has 1 aromatic heterocycles. The summed E-state index contributed by atoms with van der Waals surface area (Å²) >= 11 is 0. The molecule has 3 atom stereocenters. The van der Waals surface area contributed by atoms with Gasteiger partial charge >= 0.3 is 6.09 Å². The Morgan fingerprint density at radius 2 is 1.47 bits per heavy atom. The van der Waals surface area contributed by atoms with Gasteiger partial charge in [0.15, 0.2) is 5.76 Å². The van der Waals surface area contributed by atoms with Crippen molar-refractivity contribution in [1.29, 1.82) is 0 Å². The first-order valence-corrected chi connectivity index (χ1v) is 17.1. The van der Waals surface area contributed by atoms with Crippen LogP contribution in [0.25, 0.3) is 22.8 Å². The lowest BCUT2D eigenvalue weighted by Gasteiger charge is -2.25. The Balaban J connectivity index is 1.07. The molecule has 12 nitrogen and oxygen atoms in total. The fourth-order valence-corrected chi connectivity index (χ4v) is 6.46. The summed E-state index contributed by atoms with van der Waals surface area (Å²) in [5.74, 6) is 0.315. The molecule has 51 heavy (non-hydrogen) atoms. The van der Waals surface area contributed by atoms with Crippen LogP contribution in [0.15, 0.2) is 89.5 Å². The summed E-state index contributed by atoms with van der Waals surface area (Å²) in [6.07, 6.45) is 2.53. The van der Waals surface area contributed by atoms with Gasteiger partial charge < -0.3 is 29.4 Å². The van der Waals surface area contributed by atoms with E-state index in [0.29, 0.717) is 48.0 Å². The molecule has 0 radical (unpaired) electrons. The van der Waals surface area contributed by atoms with Gasteiger partial charge in [-0.25, -0.2) is 9.78 Å². The predicted octanol–water partition coefficient (Wildman–Crippen LogP) is 6.49. The maximum Gasteiger partial charge on any atom is 0.410 e. The highest BCUT2D eigenvalue weighted by molar-refractivity contribution is 5.98. The molecule has 4 aromatic rings. The second kappa shape index (κ2) is 15.2. The van der Waals surface area contributed by atoms with Crippen molar-refractivity contribution in [2.45, 2.75) is 77.4 Å². The molecule has 3 heterocycles. The van der Waals surface area contributed by atoms with Crippen molar-refractivity contribution in [1.82, 2.24) is 14.8 Å². The topological polar surface area (TPSA) is 143 Å². The Kier molecular flexibility index (Phi) is 10.5. The van der Waals surface area contributed by atoms with Gasteiger partial charge in [0.05, 0.1) is 24.4 Å². The minimum absolute atomic E-state index is 0.0989. The van der Waals surface area contributed by atoms with Crippen LogP contribution in [-0.4, -0.2) is 75.5 Å². The highest BCUT2D eigenvalue weighted by Gasteiger charge is 2.42. The molecular weight excluding hydrogens is 650 g/mol. The van der Waals surface area contributed by atoms with Crippen molar-refractivity contribution in [3.63, 3.8) is 0 Å². The van der Waals surface area contributed by atoms with Gasteiger partial charge in [0.25, 0.3) is 0 Å². The minimum Gasteiger partial charge on any atom is -0.445 e. The third-order valence-electron chi connectivity index (χ3n) is 8.83. The second-order valence-corrected chi connectivity index (χ2v) is 13.8. The van der Waals surface area contributed by atoms with E-state index in [2.05, 4.69) is 15.6 Å². The quantitative estimate of drug-likeness (QED) is 0.203. The maximum atomic E-state index is 13.5.